The topological polar surface area (TPSA) is 63.6 Å². The van der Waals surface area contributed by atoms with Gasteiger partial charge in [0, 0.05) is 13.2 Å². The van der Waals surface area contributed by atoms with Crippen molar-refractivity contribution in [3.63, 3.8) is 0 Å². The fourth-order valence-electron chi connectivity index (χ4n) is 0.510. The summed E-state index contributed by atoms with van der Waals surface area (Å²) in [5.74, 6) is -1.61. The largest absolute Gasteiger partial charge is 0.475 e. The van der Waals surface area contributed by atoms with Crippen molar-refractivity contribution in [3.8, 4) is 0 Å². The van der Waals surface area contributed by atoms with Gasteiger partial charge >= 0.3 is 11.2 Å². The van der Waals surface area contributed by atoms with Gasteiger partial charge in [0.1, 0.15) is 0 Å². The van der Waals surface area contributed by atoms with Gasteiger partial charge in [-0.15, -0.1) is 0 Å². The molecule has 1 fully saturated rings. The number of carbonyl (C=O) groups is 2. The number of carbonyl (C=O) groups excluding carboxylic acids is 1. The first kappa shape index (κ1) is 10.4. The first-order valence-corrected chi connectivity index (χ1v) is 3.53. The average molecular weight is 181 g/mol. The van der Waals surface area contributed by atoms with E-state index >= 15 is 0 Å². The molecule has 1 saturated heterocycles. The zero-order chi connectivity index (χ0) is 8.69. The number of ether oxygens (including phenoxy) is 1. The summed E-state index contributed by atoms with van der Waals surface area (Å²) >= 11 is 4.37. The van der Waals surface area contributed by atoms with E-state index in [0.29, 0.717) is 0 Å². The molecular weight excluding hydrogens is 172 g/mol. The predicted octanol–water partition coefficient (Wildman–Crippen LogP) is 0.633. The van der Waals surface area contributed by atoms with Crippen molar-refractivity contribution in [3.05, 3.63) is 0 Å². The molecule has 11 heavy (non-hydrogen) atoms. The summed E-state index contributed by atoms with van der Waals surface area (Å²) in [7, 11) is 0. The zero-order valence-electron chi connectivity index (χ0n) is 5.88. The van der Waals surface area contributed by atoms with Crippen LogP contribution in [0.2, 0.25) is 0 Å². The molecule has 1 aliphatic heterocycles. The van der Waals surface area contributed by atoms with Gasteiger partial charge in [0.05, 0.1) is 0 Å². The van der Waals surface area contributed by atoms with Crippen molar-refractivity contribution in [1.29, 1.82) is 0 Å². The minimum absolute atomic E-state index is 1.00. The highest BCUT2D eigenvalue weighted by atomic mass is 35.5. The molecule has 0 bridgehead atoms. The van der Waals surface area contributed by atoms with Crippen molar-refractivity contribution >= 4 is 22.8 Å². The normalized spacial score (nSPS) is 15.0. The number of carboxylic acids is 1. The highest BCUT2D eigenvalue weighted by Crippen LogP contribution is 1.98. The molecule has 0 saturated carbocycles. The predicted molar refractivity (Wildman–Crippen MR) is 38.5 cm³/mol. The Balaban J connectivity index is 0.000000183. The molecule has 0 atom stereocenters. The van der Waals surface area contributed by atoms with Crippen LogP contribution >= 0.6 is 11.6 Å². The molecule has 0 radical (unpaired) electrons. The minimum Gasteiger partial charge on any atom is -0.475 e. The van der Waals surface area contributed by atoms with Gasteiger partial charge in [-0.1, -0.05) is 0 Å². The SMILES string of the molecule is C1CCOC1.O=C(O)C(=O)Cl. The molecular formula is C6H9ClO4. The molecule has 0 aliphatic carbocycles. The van der Waals surface area contributed by atoms with Crippen LogP contribution < -0.4 is 0 Å². The van der Waals surface area contributed by atoms with E-state index in [2.05, 4.69) is 11.6 Å². The summed E-state index contributed by atoms with van der Waals surface area (Å²) in [4.78, 5) is 18.5. The molecule has 64 valence electrons. The molecule has 0 amide bonds. The number of rotatable bonds is 1. The zero-order valence-corrected chi connectivity index (χ0v) is 6.63. The Labute approximate surface area is 69.1 Å². The van der Waals surface area contributed by atoms with Crippen LogP contribution in [0.3, 0.4) is 0 Å². The van der Waals surface area contributed by atoms with Gasteiger partial charge in [-0.25, -0.2) is 4.79 Å². The lowest BCUT2D eigenvalue weighted by atomic mass is 10.4. The summed E-state index contributed by atoms with van der Waals surface area (Å²) in [6.45, 7) is 2.00. The Morgan fingerprint density at radius 2 is 1.64 bits per heavy atom. The van der Waals surface area contributed by atoms with Gasteiger partial charge < -0.3 is 9.84 Å². The number of hydrogen-bond acceptors (Lipinski definition) is 3. The Hall–Kier alpha value is -0.610. The summed E-state index contributed by atoms with van der Waals surface area (Å²) in [6, 6.07) is 0. The Kier molecular flexibility index (Phi) is 5.78. The van der Waals surface area contributed by atoms with Crippen LogP contribution in [0.5, 0.6) is 0 Å². The summed E-state index contributed by atoms with van der Waals surface area (Å²) in [5, 5.41) is 6.16. The van der Waals surface area contributed by atoms with Crippen LogP contribution in [0, 0.1) is 0 Å². The van der Waals surface area contributed by atoms with Crippen molar-refractivity contribution in [1.82, 2.24) is 0 Å². The number of halogens is 1. The highest BCUT2D eigenvalue weighted by Gasteiger charge is 2.02. The summed E-state index contributed by atoms with van der Waals surface area (Å²) in [5.41, 5.74) is 0. The van der Waals surface area contributed by atoms with Crippen LogP contribution in [0.25, 0.3) is 0 Å². The molecule has 0 unspecified atom stereocenters. The molecule has 1 heterocycles. The number of aliphatic carboxylic acids is 1. The molecule has 1 N–H and O–H groups in total. The number of hydrogen-bond donors (Lipinski definition) is 1. The van der Waals surface area contributed by atoms with Crippen LogP contribution in [0.15, 0.2) is 0 Å². The molecule has 1 rings (SSSR count). The van der Waals surface area contributed by atoms with E-state index in [9.17, 15) is 9.59 Å². The molecule has 0 aromatic heterocycles. The average Bonchev–Trinajstić information content (AvgIpc) is 2.41. The first-order valence-electron chi connectivity index (χ1n) is 3.15. The van der Waals surface area contributed by atoms with Gasteiger partial charge in [-0.3, -0.25) is 4.79 Å². The van der Waals surface area contributed by atoms with E-state index < -0.39 is 11.2 Å². The third kappa shape index (κ3) is 7.29. The highest BCUT2D eigenvalue weighted by molar-refractivity contribution is 6.79. The molecule has 0 aromatic carbocycles. The van der Waals surface area contributed by atoms with Gasteiger partial charge in [0.2, 0.25) is 0 Å². The van der Waals surface area contributed by atoms with E-state index in [1.54, 1.807) is 0 Å². The third-order valence-corrected chi connectivity index (χ3v) is 1.16. The molecule has 0 aromatic rings. The lowest BCUT2D eigenvalue weighted by Crippen LogP contribution is -2.02. The van der Waals surface area contributed by atoms with E-state index in [1.165, 1.54) is 12.8 Å². The van der Waals surface area contributed by atoms with E-state index in [4.69, 9.17) is 9.84 Å². The Bertz CT molecular complexity index is 122. The van der Waals surface area contributed by atoms with Gasteiger partial charge in [-0.05, 0) is 24.4 Å². The quantitative estimate of drug-likeness (QED) is 0.475. The monoisotopic (exact) mass is 180 g/mol. The molecule has 4 nitrogen and oxygen atoms in total. The standard InChI is InChI=1S/C4H8O.C2HClO3/c1-2-4-5-3-1;3-1(4)2(5)6/h1-4H2;(H,5,6). The van der Waals surface area contributed by atoms with E-state index in [-0.39, 0.29) is 0 Å². The van der Waals surface area contributed by atoms with Crippen molar-refractivity contribution in [2.24, 2.45) is 0 Å². The van der Waals surface area contributed by atoms with E-state index in [0.717, 1.165) is 13.2 Å². The minimum atomic E-state index is -1.61. The second kappa shape index (κ2) is 6.12. The van der Waals surface area contributed by atoms with Crippen molar-refractivity contribution in [2.75, 3.05) is 13.2 Å². The number of carboxylic acid groups (broad SMARTS) is 1. The van der Waals surface area contributed by atoms with Gasteiger partial charge in [0.25, 0.3) is 0 Å². The lowest BCUT2D eigenvalue weighted by molar-refractivity contribution is -0.145. The maximum absolute atomic E-state index is 9.31. The summed E-state index contributed by atoms with van der Waals surface area (Å²) in [6.07, 6.45) is 2.56. The summed E-state index contributed by atoms with van der Waals surface area (Å²) < 4.78 is 4.94. The second-order valence-electron chi connectivity index (χ2n) is 1.90. The fraction of sp³-hybridized carbons (Fsp3) is 0.667. The molecule has 1 aliphatic rings. The first-order chi connectivity index (χ1) is 5.14. The van der Waals surface area contributed by atoms with Crippen molar-refractivity contribution in [2.45, 2.75) is 12.8 Å². The second-order valence-corrected chi connectivity index (χ2v) is 2.24. The van der Waals surface area contributed by atoms with Gasteiger partial charge in [0.15, 0.2) is 0 Å². The fourth-order valence-corrected chi connectivity index (χ4v) is 0.510. The molecule has 5 heteroatoms. The Morgan fingerprint density at radius 1 is 1.27 bits per heavy atom. The Morgan fingerprint density at radius 3 is 1.73 bits per heavy atom. The van der Waals surface area contributed by atoms with Gasteiger partial charge in [-0.2, -0.15) is 0 Å². The van der Waals surface area contributed by atoms with Crippen molar-refractivity contribution < 1.29 is 19.4 Å². The maximum atomic E-state index is 9.31. The van der Waals surface area contributed by atoms with Crippen LogP contribution in [-0.4, -0.2) is 29.5 Å². The van der Waals surface area contributed by atoms with Crippen LogP contribution in [0.1, 0.15) is 12.8 Å². The van der Waals surface area contributed by atoms with E-state index in [1.807, 2.05) is 0 Å². The van der Waals surface area contributed by atoms with Crippen LogP contribution in [0.4, 0.5) is 0 Å². The third-order valence-electron chi connectivity index (χ3n) is 0.995. The van der Waals surface area contributed by atoms with Crippen LogP contribution in [-0.2, 0) is 14.3 Å². The lowest BCUT2D eigenvalue weighted by Gasteiger charge is -1.76. The molecule has 0 spiro atoms. The smallest absolute Gasteiger partial charge is 0.388 e. The maximum Gasteiger partial charge on any atom is 0.388 e.